The number of hydrogen-bond donors (Lipinski definition) is 2. The molecule has 0 bridgehead atoms. The van der Waals surface area contributed by atoms with Crippen molar-refractivity contribution in [2.75, 3.05) is 26.2 Å². The van der Waals surface area contributed by atoms with Gasteiger partial charge in [-0.05, 0) is 73.1 Å². The van der Waals surface area contributed by atoms with Crippen molar-refractivity contribution in [3.8, 4) is 0 Å². The summed E-state index contributed by atoms with van der Waals surface area (Å²) in [4.78, 5) is 12.1. The van der Waals surface area contributed by atoms with Gasteiger partial charge in [-0.1, -0.05) is 11.6 Å². The number of nitrogens with one attached hydrogen (secondary N) is 2. The first-order valence-corrected chi connectivity index (χ1v) is 8.68. The number of carbonyl (C=O) groups excluding carboxylic acids is 1. The molecule has 1 saturated heterocycles. The van der Waals surface area contributed by atoms with Gasteiger partial charge in [0.2, 0.25) is 0 Å². The van der Waals surface area contributed by atoms with E-state index < -0.39 is 0 Å². The van der Waals surface area contributed by atoms with Gasteiger partial charge in [0.1, 0.15) is 0 Å². The summed E-state index contributed by atoms with van der Waals surface area (Å²) in [5.41, 5.74) is 0.627. The van der Waals surface area contributed by atoms with Crippen LogP contribution in [-0.2, 0) is 4.74 Å². The Morgan fingerprint density at radius 2 is 2.19 bits per heavy atom. The maximum absolute atomic E-state index is 12.1. The third-order valence-corrected chi connectivity index (χ3v) is 4.60. The van der Waals surface area contributed by atoms with E-state index in [0.717, 1.165) is 35.9 Å². The molecule has 6 heteroatoms. The summed E-state index contributed by atoms with van der Waals surface area (Å²) in [6, 6.07) is 5.33. The van der Waals surface area contributed by atoms with E-state index in [1.54, 1.807) is 12.1 Å². The van der Waals surface area contributed by atoms with E-state index in [1.807, 2.05) is 6.07 Å². The highest BCUT2D eigenvalue weighted by Crippen LogP contribution is 2.17. The van der Waals surface area contributed by atoms with Crippen molar-refractivity contribution in [2.45, 2.75) is 25.4 Å². The third kappa shape index (κ3) is 5.73. The second-order valence-corrected chi connectivity index (χ2v) is 6.65. The van der Waals surface area contributed by atoms with Crippen LogP contribution in [0.2, 0.25) is 5.02 Å². The van der Waals surface area contributed by atoms with Crippen LogP contribution >= 0.6 is 34.2 Å². The Hall–Kier alpha value is -0.370. The van der Waals surface area contributed by atoms with Gasteiger partial charge in [0.05, 0.1) is 11.7 Å². The lowest BCUT2D eigenvalue weighted by Gasteiger charge is -2.22. The fourth-order valence-electron chi connectivity index (χ4n) is 2.25. The summed E-state index contributed by atoms with van der Waals surface area (Å²) in [6.45, 7) is 3.38. The molecule has 2 rings (SSSR count). The van der Waals surface area contributed by atoms with Crippen LogP contribution in [0.5, 0.6) is 0 Å². The van der Waals surface area contributed by atoms with Gasteiger partial charge in [-0.3, -0.25) is 4.79 Å². The average molecular weight is 423 g/mol. The van der Waals surface area contributed by atoms with Crippen molar-refractivity contribution in [1.29, 1.82) is 0 Å². The minimum absolute atomic E-state index is 0.0798. The summed E-state index contributed by atoms with van der Waals surface area (Å²) in [6.07, 6.45) is 3.35. The van der Waals surface area contributed by atoms with Crippen LogP contribution in [0.15, 0.2) is 18.2 Å². The molecule has 1 heterocycles. The molecule has 0 aliphatic carbocycles. The standard InChI is InChI=1S/C15H20ClIN2O2/c16-11-2-3-14(17)13(10-11)15(20)19-6-1-9-21-12-4-7-18-8-5-12/h2-3,10,12,18H,1,4-9H2,(H,19,20). The zero-order valence-electron chi connectivity index (χ0n) is 11.8. The molecular formula is C15H20ClIN2O2. The monoisotopic (exact) mass is 422 g/mol. The molecule has 1 fully saturated rings. The maximum atomic E-state index is 12.1. The molecule has 1 aliphatic rings. The fourth-order valence-corrected chi connectivity index (χ4v) is 3.01. The second kappa shape index (κ2) is 8.92. The molecule has 21 heavy (non-hydrogen) atoms. The lowest BCUT2D eigenvalue weighted by molar-refractivity contribution is 0.0318. The van der Waals surface area contributed by atoms with Crippen molar-refractivity contribution >= 4 is 40.1 Å². The molecule has 1 amide bonds. The highest BCUT2D eigenvalue weighted by atomic mass is 127. The molecule has 0 saturated carbocycles. The second-order valence-electron chi connectivity index (χ2n) is 5.05. The van der Waals surface area contributed by atoms with E-state index in [2.05, 4.69) is 33.2 Å². The SMILES string of the molecule is O=C(NCCCOC1CCNCC1)c1cc(Cl)ccc1I. The van der Waals surface area contributed by atoms with Gasteiger partial charge in [0, 0.05) is 21.7 Å². The van der Waals surface area contributed by atoms with Gasteiger partial charge in [-0.25, -0.2) is 0 Å². The zero-order chi connectivity index (χ0) is 15.1. The lowest BCUT2D eigenvalue weighted by Crippen LogP contribution is -2.33. The predicted octanol–water partition coefficient (Wildman–Crippen LogP) is 2.83. The zero-order valence-corrected chi connectivity index (χ0v) is 14.7. The smallest absolute Gasteiger partial charge is 0.252 e. The van der Waals surface area contributed by atoms with Gasteiger partial charge in [0.25, 0.3) is 5.91 Å². The van der Waals surface area contributed by atoms with Gasteiger partial charge in [-0.2, -0.15) is 0 Å². The Bertz CT molecular complexity index is 479. The molecule has 0 atom stereocenters. The first kappa shape index (κ1) is 17.0. The molecule has 1 aromatic rings. The van der Waals surface area contributed by atoms with Crippen LogP contribution in [0.3, 0.4) is 0 Å². The number of rotatable bonds is 6. The van der Waals surface area contributed by atoms with E-state index in [4.69, 9.17) is 16.3 Å². The van der Waals surface area contributed by atoms with Crippen molar-refractivity contribution in [3.05, 3.63) is 32.4 Å². The number of carbonyl (C=O) groups is 1. The van der Waals surface area contributed by atoms with Crippen LogP contribution in [-0.4, -0.2) is 38.3 Å². The van der Waals surface area contributed by atoms with E-state index in [9.17, 15) is 4.79 Å². The Morgan fingerprint density at radius 3 is 2.95 bits per heavy atom. The number of halogens is 2. The molecule has 116 valence electrons. The number of amides is 1. The van der Waals surface area contributed by atoms with E-state index in [1.165, 1.54) is 0 Å². The summed E-state index contributed by atoms with van der Waals surface area (Å²) < 4.78 is 6.70. The molecule has 0 unspecified atom stereocenters. The first-order chi connectivity index (χ1) is 10.2. The van der Waals surface area contributed by atoms with Gasteiger partial charge >= 0.3 is 0 Å². The number of ether oxygens (including phenoxy) is 1. The van der Waals surface area contributed by atoms with Gasteiger partial charge < -0.3 is 15.4 Å². The molecular weight excluding hydrogens is 403 g/mol. The number of hydrogen-bond acceptors (Lipinski definition) is 3. The topological polar surface area (TPSA) is 50.4 Å². The maximum Gasteiger partial charge on any atom is 0.252 e. The average Bonchev–Trinajstić information content (AvgIpc) is 2.50. The lowest BCUT2D eigenvalue weighted by atomic mass is 10.1. The van der Waals surface area contributed by atoms with Crippen molar-refractivity contribution in [1.82, 2.24) is 10.6 Å². The van der Waals surface area contributed by atoms with E-state index in [-0.39, 0.29) is 5.91 Å². The quantitative estimate of drug-likeness (QED) is 0.547. The Morgan fingerprint density at radius 1 is 1.43 bits per heavy atom. The summed E-state index contributed by atoms with van der Waals surface area (Å²) in [5, 5.41) is 6.80. The molecule has 4 nitrogen and oxygen atoms in total. The molecule has 1 aliphatic heterocycles. The largest absolute Gasteiger partial charge is 0.378 e. The van der Waals surface area contributed by atoms with Crippen LogP contribution in [0.4, 0.5) is 0 Å². The molecule has 0 aromatic heterocycles. The van der Waals surface area contributed by atoms with Gasteiger partial charge in [-0.15, -0.1) is 0 Å². The van der Waals surface area contributed by atoms with Crippen molar-refractivity contribution < 1.29 is 9.53 Å². The van der Waals surface area contributed by atoms with E-state index in [0.29, 0.717) is 29.8 Å². The van der Waals surface area contributed by atoms with Gasteiger partial charge in [0.15, 0.2) is 0 Å². The minimum Gasteiger partial charge on any atom is -0.378 e. The fraction of sp³-hybridized carbons (Fsp3) is 0.533. The Kier molecular flexibility index (Phi) is 7.22. The van der Waals surface area contributed by atoms with Crippen LogP contribution in [0.1, 0.15) is 29.6 Å². The highest BCUT2D eigenvalue weighted by Gasteiger charge is 2.13. The van der Waals surface area contributed by atoms with Crippen LogP contribution < -0.4 is 10.6 Å². The van der Waals surface area contributed by atoms with E-state index >= 15 is 0 Å². The molecule has 0 radical (unpaired) electrons. The highest BCUT2D eigenvalue weighted by molar-refractivity contribution is 14.1. The van der Waals surface area contributed by atoms with Crippen molar-refractivity contribution in [2.24, 2.45) is 0 Å². The number of benzene rings is 1. The summed E-state index contributed by atoms with van der Waals surface area (Å²) >= 11 is 8.06. The Balaban J connectivity index is 1.66. The Labute approximate surface area is 144 Å². The van der Waals surface area contributed by atoms with Crippen LogP contribution in [0, 0.1) is 3.57 Å². The molecule has 2 N–H and O–H groups in total. The molecule has 0 spiro atoms. The first-order valence-electron chi connectivity index (χ1n) is 7.22. The normalized spacial score (nSPS) is 15.9. The minimum atomic E-state index is -0.0798. The summed E-state index contributed by atoms with van der Waals surface area (Å²) in [7, 11) is 0. The van der Waals surface area contributed by atoms with Crippen LogP contribution in [0.25, 0.3) is 0 Å². The number of piperidine rings is 1. The van der Waals surface area contributed by atoms with Crippen molar-refractivity contribution in [3.63, 3.8) is 0 Å². The predicted molar refractivity (Wildman–Crippen MR) is 93.0 cm³/mol. The summed E-state index contributed by atoms with van der Waals surface area (Å²) in [5.74, 6) is -0.0798. The third-order valence-electron chi connectivity index (χ3n) is 3.42. The molecule has 1 aromatic carbocycles.